The normalized spacial score (nSPS) is 25.9. The number of aromatic amines is 1. The van der Waals surface area contributed by atoms with Crippen LogP contribution in [-0.2, 0) is 14.4 Å². The van der Waals surface area contributed by atoms with Crippen LogP contribution < -0.4 is 29.3 Å². The third kappa shape index (κ3) is 5.14. The fourth-order valence-corrected chi connectivity index (χ4v) is 11.3. The van der Waals surface area contributed by atoms with Crippen molar-refractivity contribution < 1.29 is 33.5 Å². The number of amides is 3. The Morgan fingerprint density at radius 2 is 1.68 bits per heavy atom. The molecule has 6 unspecified atom stereocenters. The Labute approximate surface area is 293 Å². The fraction of sp³-hybridized carbons (Fsp3) is 0.314. The molecular weight excluding hydrogens is 685 g/mol. The van der Waals surface area contributed by atoms with Gasteiger partial charge in [0.25, 0.3) is 11.6 Å². The summed E-state index contributed by atoms with van der Waals surface area (Å²) in [5.41, 5.74) is 1.67. The van der Waals surface area contributed by atoms with Crippen molar-refractivity contribution in [2.75, 3.05) is 31.0 Å². The molecule has 3 heterocycles. The van der Waals surface area contributed by atoms with Gasteiger partial charge in [-0.05, 0) is 78.3 Å². The van der Waals surface area contributed by atoms with Gasteiger partial charge in [0.05, 0.1) is 41.7 Å². The minimum Gasteiger partial charge on any atom is -0.497 e. The van der Waals surface area contributed by atoms with Crippen molar-refractivity contribution in [2.24, 2.45) is 29.6 Å². The molecule has 8 rings (SSSR count). The number of H-pyrrole nitrogens is 1. The van der Waals surface area contributed by atoms with Crippen LogP contribution in [0.15, 0.2) is 76.6 Å². The van der Waals surface area contributed by atoms with Crippen molar-refractivity contribution in [1.82, 2.24) is 4.98 Å². The van der Waals surface area contributed by atoms with Crippen molar-refractivity contribution in [3.8, 4) is 17.2 Å². The number of thiazole rings is 1. The van der Waals surface area contributed by atoms with Crippen LogP contribution >= 0.6 is 23.1 Å². The van der Waals surface area contributed by atoms with Crippen LogP contribution in [0.5, 0.6) is 17.2 Å². The highest BCUT2D eigenvalue weighted by Crippen LogP contribution is 2.68. The summed E-state index contributed by atoms with van der Waals surface area (Å²) in [7, 11) is 3.08. The second-order valence-electron chi connectivity index (χ2n) is 12.7. The van der Waals surface area contributed by atoms with Gasteiger partial charge in [-0.3, -0.25) is 34.2 Å². The molecule has 1 aromatic heterocycles. The summed E-state index contributed by atoms with van der Waals surface area (Å²) in [6, 6.07) is 17.9. The Morgan fingerprint density at radius 1 is 0.960 bits per heavy atom. The molecular formula is C35H30N4O9S2. The second kappa shape index (κ2) is 12.3. The van der Waals surface area contributed by atoms with Crippen LogP contribution in [0.1, 0.15) is 22.8 Å². The molecule has 15 heteroatoms. The molecule has 4 aliphatic rings. The van der Waals surface area contributed by atoms with E-state index in [-0.39, 0.29) is 63.8 Å². The quantitative estimate of drug-likeness (QED) is 0.136. The molecule has 3 fully saturated rings. The number of nitrogens with zero attached hydrogens (tertiary/aromatic N) is 2. The van der Waals surface area contributed by atoms with E-state index in [1.165, 1.54) is 36.3 Å². The average Bonchev–Trinajstić information content (AvgIpc) is 3.86. The lowest BCUT2D eigenvalue weighted by molar-refractivity contribution is -0.384. The molecule has 2 bridgehead atoms. The Kier molecular flexibility index (Phi) is 7.90. The average molecular weight is 715 g/mol. The molecule has 0 radical (unpaired) electrons. The number of non-ortho nitro benzene ring substituents is 1. The Bertz CT molecular complexity index is 2100. The SMILES string of the molecule is COc1ccc(NC(=O)COc2ccc([C@H]3c4sc(=O)[nH]c4SC4C5CC(C6C(=O)N(c7ccc([N+](=O)[O-])cc7)C(=O)C56)C43)cc2OC)cc1. The number of nitrogens with one attached hydrogen (secondary N) is 2. The third-order valence-corrected chi connectivity index (χ3v) is 12.9. The van der Waals surface area contributed by atoms with E-state index in [4.69, 9.17) is 14.2 Å². The fourth-order valence-electron chi connectivity index (χ4n) is 8.38. The van der Waals surface area contributed by atoms with Crippen molar-refractivity contribution in [2.45, 2.75) is 22.6 Å². The van der Waals surface area contributed by atoms with Crippen LogP contribution in [0, 0.1) is 39.7 Å². The van der Waals surface area contributed by atoms with Gasteiger partial charge in [-0.2, -0.15) is 0 Å². The van der Waals surface area contributed by atoms with Gasteiger partial charge in [0, 0.05) is 33.9 Å². The number of anilines is 2. The molecule has 3 aromatic carbocycles. The summed E-state index contributed by atoms with van der Waals surface area (Å²) in [6.45, 7) is -0.260. The van der Waals surface area contributed by atoms with Gasteiger partial charge in [0.15, 0.2) is 18.1 Å². The highest BCUT2D eigenvalue weighted by Gasteiger charge is 2.69. The summed E-state index contributed by atoms with van der Waals surface area (Å²) in [6.07, 6.45) is 0.709. The molecule has 50 heavy (non-hydrogen) atoms. The number of aromatic nitrogens is 1. The first kappa shape index (κ1) is 32.1. The Morgan fingerprint density at radius 3 is 2.36 bits per heavy atom. The minimum atomic E-state index is -0.530. The zero-order valence-corrected chi connectivity index (χ0v) is 28.3. The van der Waals surface area contributed by atoms with Crippen LogP contribution in [0.25, 0.3) is 0 Å². The van der Waals surface area contributed by atoms with E-state index in [0.717, 1.165) is 26.8 Å². The lowest BCUT2D eigenvalue weighted by Gasteiger charge is -2.43. The first-order valence-corrected chi connectivity index (χ1v) is 17.6. The van der Waals surface area contributed by atoms with E-state index < -0.39 is 16.8 Å². The summed E-state index contributed by atoms with van der Waals surface area (Å²) in [5, 5.41) is 14.7. The highest BCUT2D eigenvalue weighted by atomic mass is 32.2. The molecule has 7 atom stereocenters. The first-order chi connectivity index (χ1) is 24.2. The maximum Gasteiger partial charge on any atom is 0.305 e. The zero-order chi connectivity index (χ0) is 34.8. The number of benzene rings is 3. The van der Waals surface area contributed by atoms with Gasteiger partial charge in [-0.1, -0.05) is 17.4 Å². The number of hydrogen-bond acceptors (Lipinski definition) is 11. The number of carbonyl (C=O) groups is 3. The Hall–Kier alpha value is -5.15. The topological polar surface area (TPSA) is 170 Å². The standard InChI is InChI=1S/C35H30N4O9S2/c1-46-20-10-4-17(5-11-20)36-25(40)15-48-23-12-3-16(13-24(23)47-2)26-27-21-14-22(30(27)49-32-31(26)50-35(43)37-32)29-28(21)33(41)38(34(29)42)18-6-8-19(9-7-18)39(44)45/h3-13,21-22,26-30H,14-15H2,1-2H3,(H,36,40)(H,37,43)/t21?,22?,26-,27?,28?,29?,30?/m1/s1. The minimum absolute atomic E-state index is 0.0267. The van der Waals surface area contributed by atoms with Crippen LogP contribution in [-0.4, -0.2) is 53.7 Å². The molecule has 1 saturated heterocycles. The number of fused-ring (bicyclic) bond motifs is 9. The lowest BCUT2D eigenvalue weighted by atomic mass is 9.68. The van der Waals surface area contributed by atoms with E-state index in [1.807, 2.05) is 12.1 Å². The van der Waals surface area contributed by atoms with Gasteiger partial charge >= 0.3 is 4.87 Å². The van der Waals surface area contributed by atoms with Crippen molar-refractivity contribution in [3.05, 3.63) is 97.0 Å². The first-order valence-electron chi connectivity index (χ1n) is 15.9. The summed E-state index contributed by atoms with van der Waals surface area (Å²) in [5.74, 6) is -1.02. The van der Waals surface area contributed by atoms with Gasteiger partial charge in [-0.15, -0.1) is 11.8 Å². The molecule has 2 N–H and O–H groups in total. The third-order valence-electron chi connectivity index (χ3n) is 10.3. The predicted octanol–water partition coefficient (Wildman–Crippen LogP) is 5.06. The van der Waals surface area contributed by atoms with Gasteiger partial charge < -0.3 is 24.5 Å². The number of thioether (sulfide) groups is 1. The van der Waals surface area contributed by atoms with Crippen LogP contribution in [0.4, 0.5) is 17.1 Å². The summed E-state index contributed by atoms with van der Waals surface area (Å²) in [4.78, 5) is 68.8. The molecule has 2 aliphatic heterocycles. The van der Waals surface area contributed by atoms with Crippen molar-refractivity contribution >= 4 is 57.9 Å². The number of nitro benzene ring substituents is 1. The highest BCUT2D eigenvalue weighted by molar-refractivity contribution is 8.00. The van der Waals surface area contributed by atoms with Crippen molar-refractivity contribution in [3.63, 3.8) is 0 Å². The zero-order valence-electron chi connectivity index (χ0n) is 26.7. The number of hydrogen-bond donors (Lipinski definition) is 2. The smallest absolute Gasteiger partial charge is 0.305 e. The molecule has 2 saturated carbocycles. The predicted molar refractivity (Wildman–Crippen MR) is 184 cm³/mol. The number of carbonyl (C=O) groups excluding carboxylic acids is 3. The molecule has 3 amide bonds. The number of imide groups is 1. The van der Waals surface area contributed by atoms with Crippen LogP contribution in [0.2, 0.25) is 0 Å². The monoisotopic (exact) mass is 714 g/mol. The van der Waals surface area contributed by atoms with Crippen LogP contribution in [0.3, 0.4) is 0 Å². The van der Waals surface area contributed by atoms with E-state index in [0.29, 0.717) is 35.0 Å². The van der Waals surface area contributed by atoms with Crippen molar-refractivity contribution in [1.29, 1.82) is 0 Å². The lowest BCUT2D eigenvalue weighted by Crippen LogP contribution is -2.42. The van der Waals surface area contributed by atoms with Gasteiger partial charge in [0.1, 0.15) is 5.75 Å². The summed E-state index contributed by atoms with van der Waals surface area (Å²) < 4.78 is 16.7. The van der Waals surface area contributed by atoms with Gasteiger partial charge in [0.2, 0.25) is 11.8 Å². The molecule has 256 valence electrons. The van der Waals surface area contributed by atoms with E-state index in [2.05, 4.69) is 10.3 Å². The second-order valence-corrected chi connectivity index (χ2v) is 14.9. The molecule has 2 aliphatic carbocycles. The Balaban J connectivity index is 1.07. The summed E-state index contributed by atoms with van der Waals surface area (Å²) >= 11 is 2.73. The molecule has 13 nitrogen and oxygen atoms in total. The largest absolute Gasteiger partial charge is 0.497 e. The maximum atomic E-state index is 14.0. The molecule has 4 aromatic rings. The number of methoxy groups -OCH3 is 2. The number of rotatable bonds is 9. The number of ether oxygens (including phenoxy) is 3. The molecule has 0 spiro atoms. The maximum absolute atomic E-state index is 14.0. The van der Waals surface area contributed by atoms with Gasteiger partial charge in [-0.25, -0.2) is 0 Å². The number of nitro groups is 1. The van der Waals surface area contributed by atoms with E-state index in [9.17, 15) is 29.3 Å². The van der Waals surface area contributed by atoms with E-state index >= 15 is 0 Å². The van der Waals surface area contributed by atoms with E-state index in [1.54, 1.807) is 49.2 Å².